The Morgan fingerprint density at radius 1 is 1.35 bits per heavy atom. The second kappa shape index (κ2) is 7.34. The van der Waals surface area contributed by atoms with Crippen LogP contribution in [0.2, 0.25) is 0 Å². The molecule has 5 nitrogen and oxygen atoms in total. The van der Waals surface area contributed by atoms with Gasteiger partial charge in [-0.2, -0.15) is 0 Å². The molecule has 1 fully saturated rings. The summed E-state index contributed by atoms with van der Waals surface area (Å²) in [6, 6.07) is 5.82. The average molecular weight is 338 g/mol. The Kier molecular flexibility index (Phi) is 5.68. The monoisotopic (exact) mass is 338 g/mol. The van der Waals surface area contributed by atoms with Crippen molar-refractivity contribution in [1.82, 2.24) is 4.90 Å². The number of sulfone groups is 1. The Bertz CT molecular complexity index is 670. The van der Waals surface area contributed by atoms with Crippen LogP contribution in [0.1, 0.15) is 37.3 Å². The molecule has 128 valence electrons. The van der Waals surface area contributed by atoms with E-state index in [1.165, 1.54) is 12.7 Å². The van der Waals surface area contributed by atoms with Gasteiger partial charge in [0.05, 0.1) is 12.3 Å². The Morgan fingerprint density at radius 3 is 2.74 bits per heavy atom. The first-order valence-electron chi connectivity index (χ1n) is 8.07. The number of amides is 1. The van der Waals surface area contributed by atoms with E-state index in [0.29, 0.717) is 6.04 Å². The molecule has 1 aliphatic rings. The average Bonchev–Trinajstić information content (AvgIpc) is 2.47. The van der Waals surface area contributed by atoms with E-state index >= 15 is 0 Å². The number of benzene rings is 1. The molecule has 1 heterocycles. The number of likely N-dealkylation sites (tertiary alicyclic amines) is 1. The first-order valence-corrected chi connectivity index (χ1v) is 10.1. The maximum atomic E-state index is 12.4. The molecule has 6 heteroatoms. The van der Waals surface area contributed by atoms with Gasteiger partial charge in [-0.15, -0.1) is 0 Å². The van der Waals surface area contributed by atoms with E-state index in [2.05, 4.69) is 12.2 Å². The minimum atomic E-state index is -3.08. The summed E-state index contributed by atoms with van der Waals surface area (Å²) in [6.07, 6.45) is 4.55. The molecule has 0 aliphatic carbocycles. The third-order valence-corrected chi connectivity index (χ3v) is 5.25. The van der Waals surface area contributed by atoms with Crippen molar-refractivity contribution in [2.24, 2.45) is 0 Å². The standard InChI is InChI=1S/C17H26N2O3S/c1-13-7-4-5-10-19(13)17(20)11-18-16-9-6-8-15(14(16)2)12-23(3,21)22/h6,8-9,13,18H,4-5,7,10-12H2,1-3H3/t13-/m0/s1. The Hall–Kier alpha value is -1.56. The number of piperidine rings is 1. The number of nitrogens with one attached hydrogen (secondary N) is 1. The summed E-state index contributed by atoms with van der Waals surface area (Å²) in [5, 5.41) is 3.17. The summed E-state index contributed by atoms with van der Waals surface area (Å²) in [4.78, 5) is 14.3. The number of rotatable bonds is 5. The summed E-state index contributed by atoms with van der Waals surface area (Å²) in [5.41, 5.74) is 2.48. The molecule has 0 spiro atoms. The summed E-state index contributed by atoms with van der Waals surface area (Å²) < 4.78 is 23.0. The molecule has 0 saturated carbocycles. The normalized spacial score (nSPS) is 18.7. The Labute approximate surface area is 139 Å². The maximum absolute atomic E-state index is 12.4. The van der Waals surface area contributed by atoms with Crippen molar-refractivity contribution in [2.75, 3.05) is 24.7 Å². The van der Waals surface area contributed by atoms with Crippen molar-refractivity contribution >= 4 is 21.4 Å². The molecular weight excluding hydrogens is 312 g/mol. The van der Waals surface area contributed by atoms with E-state index in [9.17, 15) is 13.2 Å². The molecule has 1 N–H and O–H groups in total. The van der Waals surface area contributed by atoms with Crippen LogP contribution in [0, 0.1) is 6.92 Å². The lowest BCUT2D eigenvalue weighted by Crippen LogP contribution is -2.44. The number of carbonyl (C=O) groups excluding carboxylic acids is 1. The SMILES string of the molecule is Cc1c(CS(C)(=O)=O)cccc1NCC(=O)N1CCCC[C@@H]1C. The Morgan fingerprint density at radius 2 is 2.09 bits per heavy atom. The van der Waals surface area contributed by atoms with Crippen LogP contribution in [0.25, 0.3) is 0 Å². The molecular formula is C17H26N2O3S. The molecule has 0 aromatic heterocycles. The lowest BCUT2D eigenvalue weighted by molar-refractivity contribution is -0.132. The number of carbonyl (C=O) groups is 1. The number of nitrogens with zero attached hydrogens (tertiary/aromatic N) is 1. The van der Waals surface area contributed by atoms with Crippen molar-refractivity contribution in [3.8, 4) is 0 Å². The van der Waals surface area contributed by atoms with Gasteiger partial charge in [0.25, 0.3) is 0 Å². The van der Waals surface area contributed by atoms with Gasteiger partial charge in [-0.1, -0.05) is 12.1 Å². The smallest absolute Gasteiger partial charge is 0.242 e. The fourth-order valence-electron chi connectivity index (χ4n) is 3.05. The van der Waals surface area contributed by atoms with Gasteiger partial charge in [0, 0.05) is 24.5 Å². The highest BCUT2D eigenvalue weighted by Crippen LogP contribution is 2.21. The lowest BCUT2D eigenvalue weighted by Gasteiger charge is -2.33. The van der Waals surface area contributed by atoms with Crippen LogP contribution in [0.4, 0.5) is 5.69 Å². The molecule has 0 radical (unpaired) electrons. The van der Waals surface area contributed by atoms with E-state index in [-0.39, 0.29) is 18.2 Å². The minimum Gasteiger partial charge on any atom is -0.376 e. The molecule has 1 atom stereocenters. The van der Waals surface area contributed by atoms with Gasteiger partial charge in [0.2, 0.25) is 5.91 Å². The summed E-state index contributed by atoms with van der Waals surface area (Å²) >= 11 is 0. The van der Waals surface area contributed by atoms with Gasteiger partial charge >= 0.3 is 0 Å². The molecule has 23 heavy (non-hydrogen) atoms. The van der Waals surface area contributed by atoms with Gasteiger partial charge in [-0.3, -0.25) is 4.79 Å². The molecule has 1 amide bonds. The zero-order chi connectivity index (χ0) is 17.0. The lowest BCUT2D eigenvalue weighted by atomic mass is 10.0. The number of hydrogen-bond acceptors (Lipinski definition) is 4. The quantitative estimate of drug-likeness (QED) is 0.895. The fourth-order valence-corrected chi connectivity index (χ4v) is 3.93. The van der Waals surface area contributed by atoms with Crippen molar-refractivity contribution in [2.45, 2.75) is 44.9 Å². The summed E-state index contributed by atoms with van der Waals surface area (Å²) in [7, 11) is -3.08. The van der Waals surface area contributed by atoms with E-state index in [1.54, 1.807) is 0 Å². The van der Waals surface area contributed by atoms with E-state index in [0.717, 1.165) is 36.2 Å². The third kappa shape index (κ3) is 4.96. The van der Waals surface area contributed by atoms with Crippen LogP contribution >= 0.6 is 0 Å². The van der Waals surface area contributed by atoms with Gasteiger partial charge in [0.1, 0.15) is 0 Å². The Balaban J connectivity index is 2.03. The van der Waals surface area contributed by atoms with Crippen LogP contribution in [-0.2, 0) is 20.4 Å². The van der Waals surface area contributed by atoms with E-state index in [1.807, 2.05) is 30.0 Å². The second-order valence-corrected chi connectivity index (χ2v) is 8.59. The first kappa shape index (κ1) is 17.8. The molecule has 2 rings (SSSR count). The molecule has 0 bridgehead atoms. The van der Waals surface area contributed by atoms with Crippen molar-refractivity contribution in [1.29, 1.82) is 0 Å². The highest BCUT2D eigenvalue weighted by Gasteiger charge is 2.22. The highest BCUT2D eigenvalue weighted by molar-refractivity contribution is 7.89. The third-order valence-electron chi connectivity index (χ3n) is 4.42. The maximum Gasteiger partial charge on any atom is 0.242 e. The fraction of sp³-hybridized carbons (Fsp3) is 0.588. The summed E-state index contributed by atoms with van der Waals surface area (Å²) in [6.45, 7) is 5.05. The van der Waals surface area contributed by atoms with E-state index < -0.39 is 9.84 Å². The summed E-state index contributed by atoms with van der Waals surface area (Å²) in [5.74, 6) is 0.121. The van der Waals surface area contributed by atoms with Gasteiger partial charge in [0.15, 0.2) is 9.84 Å². The zero-order valence-corrected chi connectivity index (χ0v) is 14.9. The molecule has 1 aromatic rings. The number of anilines is 1. The van der Waals surface area contributed by atoms with Gasteiger partial charge < -0.3 is 10.2 Å². The van der Waals surface area contributed by atoms with Crippen LogP contribution < -0.4 is 5.32 Å². The molecule has 0 unspecified atom stereocenters. The van der Waals surface area contributed by atoms with Crippen LogP contribution in [-0.4, -0.2) is 44.6 Å². The van der Waals surface area contributed by atoms with Crippen molar-refractivity contribution in [3.05, 3.63) is 29.3 Å². The predicted octanol–water partition coefficient (Wildman–Crippen LogP) is 2.35. The molecule has 1 aromatic carbocycles. The van der Waals surface area contributed by atoms with Crippen LogP contribution in [0.15, 0.2) is 18.2 Å². The van der Waals surface area contributed by atoms with Crippen LogP contribution in [0.3, 0.4) is 0 Å². The van der Waals surface area contributed by atoms with Crippen molar-refractivity contribution < 1.29 is 13.2 Å². The molecule has 1 aliphatic heterocycles. The van der Waals surface area contributed by atoms with E-state index in [4.69, 9.17) is 0 Å². The topological polar surface area (TPSA) is 66.5 Å². The minimum absolute atomic E-state index is 0.0193. The first-order chi connectivity index (χ1) is 10.8. The van der Waals surface area contributed by atoms with Gasteiger partial charge in [-0.25, -0.2) is 8.42 Å². The van der Waals surface area contributed by atoms with Crippen molar-refractivity contribution in [3.63, 3.8) is 0 Å². The predicted molar refractivity (Wildman–Crippen MR) is 93.2 cm³/mol. The highest BCUT2D eigenvalue weighted by atomic mass is 32.2. The molecule has 1 saturated heterocycles. The largest absolute Gasteiger partial charge is 0.376 e. The zero-order valence-electron chi connectivity index (χ0n) is 14.1. The second-order valence-electron chi connectivity index (χ2n) is 6.45. The number of hydrogen-bond donors (Lipinski definition) is 1. The van der Waals surface area contributed by atoms with Crippen LogP contribution in [0.5, 0.6) is 0 Å². The van der Waals surface area contributed by atoms with Gasteiger partial charge in [-0.05, 0) is 50.3 Å².